The molecule has 0 radical (unpaired) electrons. The summed E-state index contributed by atoms with van der Waals surface area (Å²) in [6, 6.07) is 0. The maximum Gasteiger partial charge on any atom is 0.257 e. The van der Waals surface area contributed by atoms with Gasteiger partial charge in [-0.25, -0.2) is 9.55 Å². The molecule has 1 rings (SSSR count). The molecule has 2 nitrogen and oxygen atoms in total. The van der Waals surface area contributed by atoms with Gasteiger partial charge < -0.3 is 0 Å². The van der Waals surface area contributed by atoms with Crippen molar-refractivity contribution in [2.45, 2.75) is 174 Å². The summed E-state index contributed by atoms with van der Waals surface area (Å²) in [7, 11) is 2.20. The van der Waals surface area contributed by atoms with E-state index in [2.05, 4.69) is 42.8 Å². The fourth-order valence-corrected chi connectivity index (χ4v) is 5.35. The molecule has 0 saturated carbocycles. The zero-order valence-corrected chi connectivity index (χ0v) is 23.1. The monoisotopic (exact) mass is 461 g/mol. The Labute approximate surface area is 208 Å². The fraction of sp³-hybridized carbons (Fsp3) is 0.903. The quantitative estimate of drug-likeness (QED) is 0.110. The predicted octanol–water partition coefficient (Wildman–Crippen LogP) is 10.3. The summed E-state index contributed by atoms with van der Waals surface area (Å²) in [4.78, 5) is 3.53. The number of H-pyrrole nitrogens is 1. The van der Waals surface area contributed by atoms with Gasteiger partial charge in [0, 0.05) is 0 Å². The van der Waals surface area contributed by atoms with E-state index < -0.39 is 0 Å². The van der Waals surface area contributed by atoms with E-state index in [1.807, 2.05) is 0 Å². The van der Waals surface area contributed by atoms with Crippen molar-refractivity contribution in [3.8, 4) is 0 Å². The number of rotatable bonds is 25. The summed E-state index contributed by atoms with van der Waals surface area (Å²) in [6.45, 7) is 4.61. The molecule has 194 valence electrons. The molecule has 1 heterocycles. The lowest BCUT2D eigenvalue weighted by molar-refractivity contribution is -0.679. The molecule has 1 N–H and O–H groups in total. The molecule has 0 bridgehead atoms. The summed E-state index contributed by atoms with van der Waals surface area (Å²) < 4.78 is 2.31. The summed E-state index contributed by atoms with van der Waals surface area (Å²) in [6.07, 6.45) is 38.7. The first-order valence-corrected chi connectivity index (χ1v) is 15.3. The van der Waals surface area contributed by atoms with Crippen LogP contribution in [0.15, 0.2) is 12.4 Å². The van der Waals surface area contributed by atoms with Crippen molar-refractivity contribution in [2.24, 2.45) is 7.05 Å². The highest BCUT2D eigenvalue weighted by Gasteiger charge is 2.20. The smallest absolute Gasteiger partial charge is 0.247 e. The molecule has 0 unspecified atom stereocenters. The van der Waals surface area contributed by atoms with Crippen molar-refractivity contribution >= 4 is 0 Å². The van der Waals surface area contributed by atoms with Crippen LogP contribution in [0.25, 0.3) is 0 Å². The zero-order valence-electron chi connectivity index (χ0n) is 23.1. The summed E-state index contributed by atoms with van der Waals surface area (Å²) in [5, 5.41) is 0. The second kappa shape index (κ2) is 23.0. The molecule has 2 heteroatoms. The Balaban J connectivity index is 1.98. The first-order chi connectivity index (χ1) is 16.3. The second-order valence-corrected chi connectivity index (χ2v) is 10.8. The van der Waals surface area contributed by atoms with E-state index in [9.17, 15) is 0 Å². The second-order valence-electron chi connectivity index (χ2n) is 10.8. The maximum atomic E-state index is 3.53. The van der Waals surface area contributed by atoms with Crippen LogP contribution in [0.5, 0.6) is 0 Å². The van der Waals surface area contributed by atoms with E-state index >= 15 is 0 Å². The zero-order chi connectivity index (χ0) is 23.8. The average molecular weight is 462 g/mol. The van der Waals surface area contributed by atoms with Crippen molar-refractivity contribution in [3.63, 3.8) is 0 Å². The largest absolute Gasteiger partial charge is 0.257 e. The van der Waals surface area contributed by atoms with Crippen LogP contribution >= 0.6 is 0 Å². The van der Waals surface area contributed by atoms with Crippen LogP contribution in [-0.2, 0) is 7.05 Å². The fourth-order valence-electron chi connectivity index (χ4n) is 5.35. The van der Waals surface area contributed by atoms with Gasteiger partial charge in [-0.3, -0.25) is 0 Å². The average Bonchev–Trinajstić information content (AvgIpc) is 3.25. The van der Waals surface area contributed by atoms with Gasteiger partial charge in [0.05, 0.1) is 13.0 Å². The third-order valence-corrected chi connectivity index (χ3v) is 7.61. The molecule has 1 aromatic heterocycles. The van der Waals surface area contributed by atoms with Crippen molar-refractivity contribution in [1.82, 2.24) is 4.98 Å². The third-order valence-electron chi connectivity index (χ3n) is 7.61. The predicted molar refractivity (Wildman–Crippen MR) is 147 cm³/mol. The summed E-state index contributed by atoms with van der Waals surface area (Å²) >= 11 is 0. The van der Waals surface area contributed by atoms with Crippen LogP contribution in [0.2, 0.25) is 0 Å². The van der Waals surface area contributed by atoms with Gasteiger partial charge in [-0.1, -0.05) is 155 Å². The number of imidazole rings is 1. The normalized spacial score (nSPS) is 12.5. The number of aromatic amines is 1. The molecule has 0 saturated heterocycles. The Bertz CT molecular complexity index is 507. The lowest BCUT2D eigenvalue weighted by atomic mass is 9.93. The Morgan fingerprint density at radius 2 is 0.879 bits per heavy atom. The number of hydrogen-bond donors (Lipinski definition) is 1. The Kier molecular flexibility index (Phi) is 21.1. The van der Waals surface area contributed by atoms with Crippen LogP contribution in [0.4, 0.5) is 0 Å². The summed E-state index contributed by atoms with van der Waals surface area (Å²) in [5.41, 5.74) is 0. The minimum atomic E-state index is 0.725. The van der Waals surface area contributed by atoms with Crippen molar-refractivity contribution in [1.29, 1.82) is 0 Å². The van der Waals surface area contributed by atoms with E-state index in [1.54, 1.807) is 0 Å². The molecule has 1 aromatic rings. The van der Waals surface area contributed by atoms with Crippen LogP contribution in [0.3, 0.4) is 0 Å². The third kappa shape index (κ3) is 17.3. The van der Waals surface area contributed by atoms with Gasteiger partial charge in [0.15, 0.2) is 0 Å². The standard InChI is InChI=1S/C31H60N2/c1-4-6-8-10-12-13-14-15-16-17-18-19-20-21-23-25-27-30(31-32-28-29-33(31)3)26-24-22-11-9-7-5-2/h28-30H,4-27H2,1-3H3/p+1/t30-/m0/s1. The van der Waals surface area contributed by atoms with E-state index in [4.69, 9.17) is 0 Å². The topological polar surface area (TPSA) is 19.7 Å². The molecular formula is C31H61N2+. The first-order valence-electron chi connectivity index (χ1n) is 15.3. The van der Waals surface area contributed by atoms with Gasteiger partial charge in [0.25, 0.3) is 5.82 Å². The molecule has 0 aliphatic carbocycles. The van der Waals surface area contributed by atoms with Crippen molar-refractivity contribution in [3.05, 3.63) is 18.2 Å². The Morgan fingerprint density at radius 3 is 1.18 bits per heavy atom. The molecule has 0 spiro atoms. The van der Waals surface area contributed by atoms with Gasteiger partial charge in [-0.2, -0.15) is 0 Å². The molecule has 0 amide bonds. The number of aromatic nitrogens is 2. The Morgan fingerprint density at radius 1 is 0.545 bits per heavy atom. The Hall–Kier alpha value is -0.790. The van der Waals surface area contributed by atoms with Crippen LogP contribution in [0, 0.1) is 0 Å². The van der Waals surface area contributed by atoms with Gasteiger partial charge in [0.2, 0.25) is 0 Å². The highest BCUT2D eigenvalue weighted by molar-refractivity contribution is 4.89. The minimum absolute atomic E-state index is 0.725. The number of nitrogens with zero attached hydrogens (tertiary/aromatic N) is 1. The first kappa shape index (κ1) is 30.2. The number of nitrogens with one attached hydrogen (secondary N) is 1. The van der Waals surface area contributed by atoms with Crippen molar-refractivity contribution in [2.75, 3.05) is 0 Å². The van der Waals surface area contributed by atoms with Crippen molar-refractivity contribution < 1.29 is 4.57 Å². The van der Waals surface area contributed by atoms with E-state index in [0.29, 0.717) is 0 Å². The summed E-state index contributed by atoms with van der Waals surface area (Å²) in [5.74, 6) is 2.17. The maximum absolute atomic E-state index is 3.53. The molecule has 33 heavy (non-hydrogen) atoms. The molecule has 1 atom stereocenters. The number of unbranched alkanes of at least 4 members (excludes halogenated alkanes) is 20. The van der Waals surface area contributed by atoms with Gasteiger partial charge in [-0.15, -0.1) is 0 Å². The van der Waals surface area contributed by atoms with E-state index in [-0.39, 0.29) is 0 Å². The van der Waals surface area contributed by atoms with Gasteiger partial charge >= 0.3 is 0 Å². The highest BCUT2D eigenvalue weighted by atomic mass is 15.0. The van der Waals surface area contributed by atoms with Crippen LogP contribution < -0.4 is 4.57 Å². The number of aryl methyl sites for hydroxylation is 1. The van der Waals surface area contributed by atoms with Crippen LogP contribution in [-0.4, -0.2) is 4.98 Å². The lowest BCUT2D eigenvalue weighted by Gasteiger charge is -2.13. The molecular weight excluding hydrogens is 400 g/mol. The molecule has 0 aliphatic rings. The van der Waals surface area contributed by atoms with Gasteiger partial charge in [-0.05, 0) is 12.8 Å². The minimum Gasteiger partial charge on any atom is -0.247 e. The highest BCUT2D eigenvalue weighted by Crippen LogP contribution is 2.26. The number of hydrogen-bond acceptors (Lipinski definition) is 0. The van der Waals surface area contributed by atoms with E-state index in [0.717, 1.165) is 5.92 Å². The molecule has 0 fully saturated rings. The molecule has 0 aromatic carbocycles. The lowest BCUT2D eigenvalue weighted by Crippen LogP contribution is -2.32. The van der Waals surface area contributed by atoms with E-state index in [1.165, 1.54) is 160 Å². The molecule has 0 aliphatic heterocycles. The van der Waals surface area contributed by atoms with Crippen LogP contribution in [0.1, 0.15) is 180 Å². The SMILES string of the molecule is CCCCCCCCCCCCCCCCCC[C@H](CCCCCCCC)c1[nH]cc[n+]1C. The van der Waals surface area contributed by atoms with Gasteiger partial charge in [0.1, 0.15) is 12.4 Å².